The maximum absolute atomic E-state index is 5.84. The zero-order valence-electron chi connectivity index (χ0n) is 8.47. The van der Waals surface area contributed by atoms with Gasteiger partial charge < -0.3 is 4.74 Å². The Kier molecular flexibility index (Phi) is 1.95. The molecule has 3 atom stereocenters. The zero-order valence-corrected chi connectivity index (χ0v) is 8.47. The Morgan fingerprint density at radius 2 is 2.00 bits per heavy atom. The Bertz CT molecular complexity index is 174. The van der Waals surface area contributed by atoms with Gasteiger partial charge in [0, 0.05) is 0 Å². The molecule has 2 fully saturated rings. The molecule has 0 aromatic carbocycles. The lowest BCUT2D eigenvalue weighted by Gasteiger charge is -2.34. The average Bonchev–Trinajstić information content (AvgIpc) is 2.27. The molecule has 0 amide bonds. The van der Waals surface area contributed by atoms with E-state index in [1.807, 2.05) is 0 Å². The third-order valence-electron chi connectivity index (χ3n) is 3.81. The molecular weight excluding hydrogens is 148 g/mol. The standard InChI is InChI=1S/C11H20O/c1-8-4-5-10-9(6-8)7-12-11(10,2)3/h8-10H,4-7H2,1-3H3. The lowest BCUT2D eigenvalue weighted by molar-refractivity contribution is 0.00746. The molecule has 1 saturated carbocycles. The van der Waals surface area contributed by atoms with Crippen LogP contribution in [0.25, 0.3) is 0 Å². The van der Waals surface area contributed by atoms with Gasteiger partial charge in [0.15, 0.2) is 0 Å². The van der Waals surface area contributed by atoms with Crippen molar-refractivity contribution in [1.29, 1.82) is 0 Å². The lowest BCUT2D eigenvalue weighted by Crippen LogP contribution is -2.33. The summed E-state index contributed by atoms with van der Waals surface area (Å²) < 4.78 is 5.84. The first-order valence-electron chi connectivity index (χ1n) is 5.23. The molecule has 70 valence electrons. The minimum Gasteiger partial charge on any atom is -0.375 e. The van der Waals surface area contributed by atoms with Crippen molar-refractivity contribution >= 4 is 0 Å². The van der Waals surface area contributed by atoms with E-state index >= 15 is 0 Å². The van der Waals surface area contributed by atoms with Crippen molar-refractivity contribution in [3.05, 3.63) is 0 Å². The van der Waals surface area contributed by atoms with E-state index in [9.17, 15) is 0 Å². The van der Waals surface area contributed by atoms with Gasteiger partial charge >= 0.3 is 0 Å². The van der Waals surface area contributed by atoms with E-state index in [0.717, 1.165) is 24.4 Å². The van der Waals surface area contributed by atoms with Crippen LogP contribution in [0, 0.1) is 17.8 Å². The maximum atomic E-state index is 5.84. The Labute approximate surface area is 75.5 Å². The van der Waals surface area contributed by atoms with Gasteiger partial charge in [-0.3, -0.25) is 0 Å². The molecule has 1 nitrogen and oxygen atoms in total. The van der Waals surface area contributed by atoms with Crippen molar-refractivity contribution < 1.29 is 4.74 Å². The second-order valence-electron chi connectivity index (χ2n) is 5.20. The van der Waals surface area contributed by atoms with Gasteiger partial charge in [-0.1, -0.05) is 13.3 Å². The average molecular weight is 168 g/mol. The first-order valence-corrected chi connectivity index (χ1v) is 5.23. The van der Waals surface area contributed by atoms with Crippen LogP contribution in [0.5, 0.6) is 0 Å². The SMILES string of the molecule is CC1CCC2C(COC2(C)C)C1. The number of fused-ring (bicyclic) bond motifs is 1. The molecule has 0 spiro atoms. The molecule has 2 rings (SSSR count). The largest absolute Gasteiger partial charge is 0.375 e. The normalized spacial score (nSPS) is 45.8. The maximum Gasteiger partial charge on any atom is 0.0658 e. The van der Waals surface area contributed by atoms with E-state index in [1.165, 1.54) is 19.3 Å². The molecule has 0 aromatic rings. The van der Waals surface area contributed by atoms with E-state index in [-0.39, 0.29) is 5.60 Å². The molecule has 1 aliphatic heterocycles. The summed E-state index contributed by atoms with van der Waals surface area (Å²) in [7, 11) is 0. The first-order chi connectivity index (χ1) is 5.59. The molecule has 0 bridgehead atoms. The van der Waals surface area contributed by atoms with Gasteiger partial charge in [-0.2, -0.15) is 0 Å². The summed E-state index contributed by atoms with van der Waals surface area (Å²) in [5.41, 5.74) is 0.171. The fourth-order valence-electron chi connectivity index (χ4n) is 3.03. The quantitative estimate of drug-likeness (QED) is 0.540. The molecule has 1 heterocycles. The topological polar surface area (TPSA) is 9.23 Å². The van der Waals surface area contributed by atoms with Crippen molar-refractivity contribution in [1.82, 2.24) is 0 Å². The van der Waals surface area contributed by atoms with Gasteiger partial charge in [-0.15, -0.1) is 0 Å². The minimum atomic E-state index is 0.171. The minimum absolute atomic E-state index is 0.171. The Hall–Kier alpha value is -0.0400. The molecule has 0 N–H and O–H groups in total. The highest BCUT2D eigenvalue weighted by Crippen LogP contribution is 2.46. The second kappa shape index (κ2) is 2.73. The zero-order chi connectivity index (χ0) is 8.77. The third-order valence-corrected chi connectivity index (χ3v) is 3.81. The predicted molar refractivity (Wildman–Crippen MR) is 50.0 cm³/mol. The smallest absolute Gasteiger partial charge is 0.0658 e. The van der Waals surface area contributed by atoms with Crippen LogP contribution >= 0.6 is 0 Å². The summed E-state index contributed by atoms with van der Waals surface area (Å²) in [6.07, 6.45) is 4.20. The second-order valence-corrected chi connectivity index (χ2v) is 5.20. The van der Waals surface area contributed by atoms with Gasteiger partial charge in [0.25, 0.3) is 0 Å². The summed E-state index contributed by atoms with van der Waals surface area (Å²) in [4.78, 5) is 0. The monoisotopic (exact) mass is 168 g/mol. The van der Waals surface area contributed by atoms with Crippen LogP contribution in [0.15, 0.2) is 0 Å². The highest BCUT2D eigenvalue weighted by atomic mass is 16.5. The van der Waals surface area contributed by atoms with Crippen molar-refractivity contribution in [3.63, 3.8) is 0 Å². The number of ether oxygens (including phenoxy) is 1. The van der Waals surface area contributed by atoms with Crippen LogP contribution in [-0.4, -0.2) is 12.2 Å². The van der Waals surface area contributed by atoms with Gasteiger partial charge in [-0.05, 0) is 44.4 Å². The number of rotatable bonds is 0. The predicted octanol–water partition coefficient (Wildman–Crippen LogP) is 2.85. The van der Waals surface area contributed by atoms with Gasteiger partial charge in [0.2, 0.25) is 0 Å². The molecule has 12 heavy (non-hydrogen) atoms. The molecule has 0 radical (unpaired) electrons. The van der Waals surface area contributed by atoms with Crippen molar-refractivity contribution in [2.24, 2.45) is 17.8 Å². The van der Waals surface area contributed by atoms with Crippen LogP contribution in [0.1, 0.15) is 40.0 Å². The summed E-state index contributed by atoms with van der Waals surface area (Å²) in [6, 6.07) is 0. The van der Waals surface area contributed by atoms with E-state index in [1.54, 1.807) is 0 Å². The highest BCUT2D eigenvalue weighted by Gasteiger charge is 2.45. The molecule has 2 aliphatic rings. The Morgan fingerprint density at radius 1 is 1.25 bits per heavy atom. The molecular formula is C11H20O. The van der Waals surface area contributed by atoms with Crippen LogP contribution < -0.4 is 0 Å². The third kappa shape index (κ3) is 1.28. The van der Waals surface area contributed by atoms with Crippen LogP contribution in [-0.2, 0) is 4.74 Å². The molecule has 0 aromatic heterocycles. The van der Waals surface area contributed by atoms with E-state index in [2.05, 4.69) is 20.8 Å². The first kappa shape index (κ1) is 8.55. The fraction of sp³-hybridized carbons (Fsp3) is 1.00. The lowest BCUT2D eigenvalue weighted by atomic mass is 9.71. The van der Waals surface area contributed by atoms with Crippen molar-refractivity contribution in [3.8, 4) is 0 Å². The molecule has 1 saturated heterocycles. The van der Waals surface area contributed by atoms with Gasteiger partial charge in [0.1, 0.15) is 0 Å². The fourth-order valence-corrected chi connectivity index (χ4v) is 3.03. The molecule has 1 aliphatic carbocycles. The summed E-state index contributed by atoms with van der Waals surface area (Å²) in [6.45, 7) is 7.91. The summed E-state index contributed by atoms with van der Waals surface area (Å²) in [5, 5.41) is 0. The number of hydrogen-bond acceptors (Lipinski definition) is 1. The van der Waals surface area contributed by atoms with Crippen molar-refractivity contribution in [2.75, 3.05) is 6.61 Å². The molecule has 1 heteroatoms. The van der Waals surface area contributed by atoms with Crippen LogP contribution in [0.2, 0.25) is 0 Å². The summed E-state index contributed by atoms with van der Waals surface area (Å²) >= 11 is 0. The summed E-state index contributed by atoms with van der Waals surface area (Å²) in [5.74, 6) is 2.64. The Morgan fingerprint density at radius 3 is 2.75 bits per heavy atom. The van der Waals surface area contributed by atoms with Crippen LogP contribution in [0.3, 0.4) is 0 Å². The van der Waals surface area contributed by atoms with E-state index in [0.29, 0.717) is 0 Å². The Balaban J connectivity index is 2.08. The van der Waals surface area contributed by atoms with Gasteiger partial charge in [-0.25, -0.2) is 0 Å². The highest BCUT2D eigenvalue weighted by molar-refractivity contribution is 4.93. The number of hydrogen-bond donors (Lipinski definition) is 0. The molecule has 3 unspecified atom stereocenters. The van der Waals surface area contributed by atoms with E-state index in [4.69, 9.17) is 4.74 Å². The van der Waals surface area contributed by atoms with E-state index < -0.39 is 0 Å². The van der Waals surface area contributed by atoms with Crippen molar-refractivity contribution in [2.45, 2.75) is 45.6 Å². The van der Waals surface area contributed by atoms with Gasteiger partial charge in [0.05, 0.1) is 12.2 Å². The van der Waals surface area contributed by atoms with Crippen LogP contribution in [0.4, 0.5) is 0 Å².